The molecule has 1 aliphatic heterocycles. The molecular weight excluding hydrogens is 212 g/mol. The van der Waals surface area contributed by atoms with Crippen molar-refractivity contribution in [3.63, 3.8) is 0 Å². The minimum atomic E-state index is 0.484. The second-order valence-electron chi connectivity index (χ2n) is 4.52. The Hall–Kier alpha value is -0.900. The summed E-state index contributed by atoms with van der Waals surface area (Å²) in [4.78, 5) is 0. The van der Waals surface area contributed by atoms with Gasteiger partial charge in [-0.2, -0.15) is 0 Å². The van der Waals surface area contributed by atoms with Crippen LogP contribution in [-0.2, 0) is 11.3 Å². The fourth-order valence-electron chi connectivity index (χ4n) is 2.36. The molecule has 0 bridgehead atoms. The quantitative estimate of drug-likeness (QED) is 0.763. The number of hydrogen-bond donors (Lipinski definition) is 2. The van der Waals surface area contributed by atoms with Crippen molar-refractivity contribution in [1.29, 1.82) is 0 Å². The Morgan fingerprint density at radius 3 is 3.18 bits per heavy atom. The van der Waals surface area contributed by atoms with Crippen LogP contribution >= 0.6 is 0 Å². The van der Waals surface area contributed by atoms with E-state index in [2.05, 4.69) is 34.9 Å². The second-order valence-corrected chi connectivity index (χ2v) is 4.52. The molecule has 1 aromatic rings. The van der Waals surface area contributed by atoms with Gasteiger partial charge in [-0.05, 0) is 37.1 Å². The predicted molar refractivity (Wildman–Crippen MR) is 70.0 cm³/mol. The molecule has 1 heterocycles. The smallest absolute Gasteiger partial charge is 0.0474 e. The van der Waals surface area contributed by atoms with Crippen LogP contribution in [0.4, 0.5) is 0 Å². The molecule has 0 radical (unpaired) electrons. The highest BCUT2D eigenvalue weighted by molar-refractivity contribution is 5.30. The summed E-state index contributed by atoms with van der Waals surface area (Å²) in [5.41, 5.74) is 2.88. The molecule has 3 heteroatoms. The fourth-order valence-corrected chi connectivity index (χ4v) is 2.36. The molecule has 3 nitrogen and oxygen atoms in total. The first-order chi connectivity index (χ1) is 8.42. The lowest BCUT2D eigenvalue weighted by Gasteiger charge is -2.18. The van der Waals surface area contributed by atoms with E-state index in [0.717, 1.165) is 39.1 Å². The molecule has 0 saturated heterocycles. The van der Waals surface area contributed by atoms with Crippen LogP contribution in [0.5, 0.6) is 0 Å². The lowest BCUT2D eigenvalue weighted by molar-refractivity contribution is 0.193. The van der Waals surface area contributed by atoms with Crippen molar-refractivity contribution in [3.05, 3.63) is 35.4 Å². The maximum atomic E-state index is 5.07. The van der Waals surface area contributed by atoms with Crippen molar-refractivity contribution in [1.82, 2.24) is 10.6 Å². The van der Waals surface area contributed by atoms with Crippen LogP contribution in [0.1, 0.15) is 30.0 Å². The minimum absolute atomic E-state index is 0.484. The van der Waals surface area contributed by atoms with Crippen LogP contribution in [-0.4, -0.2) is 26.8 Å². The fraction of sp³-hybridized carbons (Fsp3) is 0.571. The van der Waals surface area contributed by atoms with Crippen LogP contribution in [0, 0.1) is 0 Å². The molecule has 2 rings (SSSR count). The molecule has 94 valence electrons. The SMILES string of the molecule is COCCCNC1CCNCc2ccccc21. The van der Waals surface area contributed by atoms with Crippen LogP contribution in [0.25, 0.3) is 0 Å². The third-order valence-corrected chi connectivity index (χ3v) is 3.27. The average Bonchev–Trinajstić information content (AvgIpc) is 2.57. The van der Waals surface area contributed by atoms with Gasteiger partial charge in [0.05, 0.1) is 0 Å². The van der Waals surface area contributed by atoms with Gasteiger partial charge in [0.1, 0.15) is 0 Å². The highest BCUT2D eigenvalue weighted by atomic mass is 16.5. The zero-order valence-electron chi connectivity index (χ0n) is 10.5. The Bertz CT molecular complexity index is 341. The minimum Gasteiger partial charge on any atom is -0.385 e. The molecule has 1 aliphatic rings. The molecule has 2 N–H and O–H groups in total. The maximum absolute atomic E-state index is 5.07. The van der Waals surface area contributed by atoms with Crippen molar-refractivity contribution < 1.29 is 4.74 Å². The Labute approximate surface area is 104 Å². The zero-order valence-corrected chi connectivity index (χ0v) is 10.5. The summed E-state index contributed by atoms with van der Waals surface area (Å²) in [5, 5.41) is 7.10. The number of ether oxygens (including phenoxy) is 1. The van der Waals surface area contributed by atoms with Gasteiger partial charge in [0, 0.05) is 26.3 Å². The van der Waals surface area contributed by atoms with Crippen LogP contribution in [0.2, 0.25) is 0 Å². The molecule has 0 spiro atoms. The topological polar surface area (TPSA) is 33.3 Å². The Morgan fingerprint density at radius 1 is 1.41 bits per heavy atom. The summed E-state index contributed by atoms with van der Waals surface area (Å²) in [6, 6.07) is 9.20. The number of fused-ring (bicyclic) bond motifs is 1. The molecule has 1 aromatic carbocycles. The van der Waals surface area contributed by atoms with E-state index in [1.54, 1.807) is 7.11 Å². The van der Waals surface area contributed by atoms with Crippen LogP contribution in [0.15, 0.2) is 24.3 Å². The van der Waals surface area contributed by atoms with E-state index in [1.165, 1.54) is 11.1 Å². The second kappa shape index (κ2) is 6.74. The van der Waals surface area contributed by atoms with E-state index in [-0.39, 0.29) is 0 Å². The van der Waals surface area contributed by atoms with Crippen molar-refractivity contribution in [3.8, 4) is 0 Å². The molecule has 0 aromatic heterocycles. The van der Waals surface area contributed by atoms with E-state index in [4.69, 9.17) is 4.74 Å². The van der Waals surface area contributed by atoms with E-state index in [1.807, 2.05) is 0 Å². The Kier molecular flexibility index (Phi) is 4.98. The van der Waals surface area contributed by atoms with Gasteiger partial charge in [0.2, 0.25) is 0 Å². The van der Waals surface area contributed by atoms with Gasteiger partial charge in [-0.3, -0.25) is 0 Å². The zero-order chi connectivity index (χ0) is 11.9. The summed E-state index contributed by atoms with van der Waals surface area (Å²) in [6.45, 7) is 3.93. The van der Waals surface area contributed by atoms with Crippen LogP contribution in [0.3, 0.4) is 0 Å². The number of methoxy groups -OCH3 is 1. The average molecular weight is 234 g/mol. The molecule has 1 unspecified atom stereocenters. The van der Waals surface area contributed by atoms with Crippen molar-refractivity contribution >= 4 is 0 Å². The Balaban J connectivity index is 1.97. The lowest BCUT2D eigenvalue weighted by atomic mass is 9.99. The standard InChI is InChI=1S/C14H22N2O/c1-17-10-4-8-16-14-7-9-15-11-12-5-2-3-6-13(12)14/h2-3,5-6,14-16H,4,7-11H2,1H3. The number of hydrogen-bond acceptors (Lipinski definition) is 3. The number of nitrogens with one attached hydrogen (secondary N) is 2. The highest BCUT2D eigenvalue weighted by Gasteiger charge is 2.16. The van der Waals surface area contributed by atoms with Crippen molar-refractivity contribution in [2.45, 2.75) is 25.4 Å². The monoisotopic (exact) mass is 234 g/mol. The number of benzene rings is 1. The molecule has 0 saturated carbocycles. The van der Waals surface area contributed by atoms with Gasteiger partial charge < -0.3 is 15.4 Å². The van der Waals surface area contributed by atoms with Gasteiger partial charge >= 0.3 is 0 Å². The normalized spacial score (nSPS) is 19.7. The molecule has 0 aliphatic carbocycles. The summed E-state index contributed by atoms with van der Waals surface area (Å²) in [6.07, 6.45) is 2.23. The summed E-state index contributed by atoms with van der Waals surface area (Å²) in [5.74, 6) is 0. The third kappa shape index (κ3) is 3.53. The van der Waals surface area contributed by atoms with E-state index < -0.39 is 0 Å². The highest BCUT2D eigenvalue weighted by Crippen LogP contribution is 2.23. The van der Waals surface area contributed by atoms with Gasteiger partial charge in [0.15, 0.2) is 0 Å². The molecule has 1 atom stereocenters. The first kappa shape index (κ1) is 12.6. The summed E-state index contributed by atoms with van der Waals surface area (Å²) >= 11 is 0. The first-order valence-corrected chi connectivity index (χ1v) is 6.42. The van der Waals surface area contributed by atoms with Gasteiger partial charge in [0.25, 0.3) is 0 Å². The largest absolute Gasteiger partial charge is 0.385 e. The molecular formula is C14H22N2O. The summed E-state index contributed by atoms with van der Waals surface area (Å²) < 4.78 is 5.07. The van der Waals surface area contributed by atoms with Crippen molar-refractivity contribution in [2.75, 3.05) is 26.8 Å². The van der Waals surface area contributed by atoms with E-state index >= 15 is 0 Å². The first-order valence-electron chi connectivity index (χ1n) is 6.42. The Morgan fingerprint density at radius 2 is 2.29 bits per heavy atom. The lowest BCUT2D eigenvalue weighted by Crippen LogP contribution is -2.24. The number of rotatable bonds is 5. The van der Waals surface area contributed by atoms with Crippen molar-refractivity contribution in [2.24, 2.45) is 0 Å². The van der Waals surface area contributed by atoms with Gasteiger partial charge in [-0.15, -0.1) is 0 Å². The van der Waals surface area contributed by atoms with Crippen LogP contribution < -0.4 is 10.6 Å². The maximum Gasteiger partial charge on any atom is 0.0474 e. The molecule has 0 amide bonds. The summed E-state index contributed by atoms with van der Waals surface area (Å²) in [7, 11) is 1.75. The van der Waals surface area contributed by atoms with E-state index in [9.17, 15) is 0 Å². The van der Waals surface area contributed by atoms with E-state index in [0.29, 0.717) is 6.04 Å². The molecule has 0 fully saturated rings. The molecule has 17 heavy (non-hydrogen) atoms. The van der Waals surface area contributed by atoms with Gasteiger partial charge in [-0.1, -0.05) is 24.3 Å². The predicted octanol–water partition coefficient (Wildman–Crippen LogP) is 1.85. The van der Waals surface area contributed by atoms with Gasteiger partial charge in [-0.25, -0.2) is 0 Å². The third-order valence-electron chi connectivity index (χ3n) is 3.27.